The first-order valence-electron chi connectivity index (χ1n) is 6.06. The second-order valence-corrected chi connectivity index (χ2v) is 5.16. The molecule has 0 heterocycles. The van der Waals surface area contributed by atoms with Gasteiger partial charge in [0.1, 0.15) is 0 Å². The third-order valence-electron chi connectivity index (χ3n) is 3.38. The van der Waals surface area contributed by atoms with Crippen LogP contribution in [0.2, 0.25) is 5.02 Å². The lowest BCUT2D eigenvalue weighted by atomic mass is 10.1. The van der Waals surface area contributed by atoms with Crippen LogP contribution in [0, 0.1) is 5.92 Å². The van der Waals surface area contributed by atoms with Crippen molar-refractivity contribution in [1.29, 1.82) is 0 Å². The Morgan fingerprint density at radius 2 is 2.11 bits per heavy atom. The smallest absolute Gasteiger partial charge is 0.306 e. The van der Waals surface area contributed by atoms with Crippen LogP contribution in [0.25, 0.3) is 0 Å². The molecule has 1 saturated carbocycles. The normalized spacial score (nSPS) is 22.2. The second kappa shape index (κ2) is 5.48. The van der Waals surface area contributed by atoms with Crippen molar-refractivity contribution < 1.29 is 14.7 Å². The molecule has 0 radical (unpaired) electrons. The first-order valence-corrected chi connectivity index (χ1v) is 6.44. The van der Waals surface area contributed by atoms with Crippen LogP contribution in [0.4, 0.5) is 5.69 Å². The van der Waals surface area contributed by atoms with Gasteiger partial charge < -0.3 is 16.2 Å². The van der Waals surface area contributed by atoms with Gasteiger partial charge in [0.15, 0.2) is 0 Å². The Kier molecular flexibility index (Phi) is 3.95. The number of rotatable bonds is 3. The summed E-state index contributed by atoms with van der Waals surface area (Å²) in [6.07, 6.45) is 1.76. The maximum absolute atomic E-state index is 12.0. The van der Waals surface area contributed by atoms with E-state index in [1.54, 1.807) is 12.1 Å². The highest BCUT2D eigenvalue weighted by molar-refractivity contribution is 6.33. The lowest BCUT2D eigenvalue weighted by Crippen LogP contribution is -2.33. The van der Waals surface area contributed by atoms with Crippen LogP contribution in [0.15, 0.2) is 18.2 Å². The van der Waals surface area contributed by atoms with Crippen molar-refractivity contribution in [2.24, 2.45) is 5.92 Å². The summed E-state index contributed by atoms with van der Waals surface area (Å²) in [6, 6.07) is 4.59. The van der Waals surface area contributed by atoms with Gasteiger partial charge in [-0.2, -0.15) is 0 Å². The number of anilines is 1. The molecule has 1 amide bonds. The summed E-state index contributed by atoms with van der Waals surface area (Å²) in [5.41, 5.74) is 6.43. The number of nitrogens with one attached hydrogen (secondary N) is 1. The van der Waals surface area contributed by atoms with E-state index in [1.165, 1.54) is 6.07 Å². The van der Waals surface area contributed by atoms with Crippen molar-refractivity contribution in [2.45, 2.75) is 25.3 Å². The fourth-order valence-electron chi connectivity index (χ4n) is 2.27. The largest absolute Gasteiger partial charge is 0.481 e. The van der Waals surface area contributed by atoms with Gasteiger partial charge in [0.05, 0.1) is 16.6 Å². The predicted octanol–water partition coefficient (Wildman–Crippen LogP) is 1.91. The minimum absolute atomic E-state index is 0.0927. The molecule has 4 N–H and O–H groups in total. The van der Waals surface area contributed by atoms with Gasteiger partial charge in [0, 0.05) is 11.6 Å². The SMILES string of the molecule is Nc1ccc(C(=O)NC2CCC(C(=O)O)C2)cc1Cl. The number of nitrogen functional groups attached to an aromatic ring is 1. The summed E-state index contributed by atoms with van der Waals surface area (Å²) >= 11 is 5.86. The molecule has 0 aliphatic heterocycles. The summed E-state index contributed by atoms with van der Waals surface area (Å²) in [7, 11) is 0. The highest BCUT2D eigenvalue weighted by Gasteiger charge is 2.30. The van der Waals surface area contributed by atoms with Crippen molar-refractivity contribution in [1.82, 2.24) is 5.32 Å². The average molecular weight is 283 g/mol. The van der Waals surface area contributed by atoms with Crippen LogP contribution in [0.1, 0.15) is 29.6 Å². The molecule has 0 saturated heterocycles. The second-order valence-electron chi connectivity index (χ2n) is 4.75. The highest BCUT2D eigenvalue weighted by atomic mass is 35.5. The van der Waals surface area contributed by atoms with Crippen molar-refractivity contribution in [2.75, 3.05) is 5.73 Å². The van der Waals surface area contributed by atoms with Crippen LogP contribution in [0.5, 0.6) is 0 Å². The zero-order valence-electron chi connectivity index (χ0n) is 10.2. The summed E-state index contributed by atoms with van der Waals surface area (Å²) < 4.78 is 0. The van der Waals surface area contributed by atoms with Gasteiger partial charge in [0.25, 0.3) is 5.91 Å². The number of carbonyl (C=O) groups excluding carboxylic acids is 1. The van der Waals surface area contributed by atoms with Crippen LogP contribution in [-0.2, 0) is 4.79 Å². The number of carbonyl (C=O) groups is 2. The van der Waals surface area contributed by atoms with Crippen LogP contribution in [0.3, 0.4) is 0 Å². The zero-order valence-corrected chi connectivity index (χ0v) is 11.0. The molecule has 1 aromatic rings. The van der Waals surface area contributed by atoms with E-state index in [0.717, 1.165) is 0 Å². The summed E-state index contributed by atoms with van der Waals surface area (Å²) in [6.45, 7) is 0. The summed E-state index contributed by atoms with van der Waals surface area (Å²) in [5.74, 6) is -1.41. The number of hydrogen-bond donors (Lipinski definition) is 3. The van der Waals surface area contributed by atoms with Gasteiger partial charge in [-0.05, 0) is 37.5 Å². The fraction of sp³-hybridized carbons (Fsp3) is 0.385. The maximum Gasteiger partial charge on any atom is 0.306 e. The molecule has 102 valence electrons. The number of nitrogens with two attached hydrogens (primary N) is 1. The van der Waals surface area contributed by atoms with Gasteiger partial charge >= 0.3 is 5.97 Å². The standard InChI is InChI=1S/C13H15ClN2O3/c14-10-6-7(2-4-11(10)15)12(17)16-9-3-1-8(5-9)13(18)19/h2,4,6,8-9H,1,3,5,15H2,(H,16,17)(H,18,19). The molecule has 1 aliphatic rings. The van der Waals surface area contributed by atoms with Gasteiger partial charge in [-0.1, -0.05) is 11.6 Å². The Morgan fingerprint density at radius 1 is 1.37 bits per heavy atom. The molecule has 1 aromatic carbocycles. The van der Waals surface area contributed by atoms with E-state index < -0.39 is 5.97 Å². The van der Waals surface area contributed by atoms with E-state index in [-0.39, 0.29) is 17.9 Å². The topological polar surface area (TPSA) is 92.4 Å². The lowest BCUT2D eigenvalue weighted by Gasteiger charge is -2.12. The van der Waals surface area contributed by atoms with E-state index >= 15 is 0 Å². The number of halogens is 1. The fourth-order valence-corrected chi connectivity index (χ4v) is 2.45. The van der Waals surface area contributed by atoms with Gasteiger partial charge in [-0.25, -0.2) is 0 Å². The zero-order chi connectivity index (χ0) is 14.0. The van der Waals surface area contributed by atoms with Gasteiger partial charge in [-0.15, -0.1) is 0 Å². The number of hydrogen-bond acceptors (Lipinski definition) is 3. The first-order chi connectivity index (χ1) is 8.97. The van der Waals surface area contributed by atoms with E-state index in [9.17, 15) is 9.59 Å². The Labute approximate surface area is 115 Å². The minimum Gasteiger partial charge on any atom is -0.481 e. The van der Waals surface area contributed by atoms with Gasteiger partial charge in [-0.3, -0.25) is 9.59 Å². The van der Waals surface area contributed by atoms with Crippen molar-refractivity contribution in [3.63, 3.8) is 0 Å². The van der Waals surface area contributed by atoms with Crippen molar-refractivity contribution in [3.8, 4) is 0 Å². The van der Waals surface area contributed by atoms with Crippen LogP contribution < -0.4 is 11.1 Å². The molecular weight excluding hydrogens is 268 g/mol. The molecule has 0 bridgehead atoms. The molecule has 0 aromatic heterocycles. The maximum atomic E-state index is 12.0. The Morgan fingerprint density at radius 3 is 2.68 bits per heavy atom. The molecule has 1 fully saturated rings. The number of benzene rings is 1. The molecule has 1 aliphatic carbocycles. The van der Waals surface area contributed by atoms with Crippen LogP contribution in [-0.4, -0.2) is 23.0 Å². The Bertz CT molecular complexity index is 519. The van der Waals surface area contributed by atoms with Crippen molar-refractivity contribution >= 4 is 29.2 Å². The highest BCUT2D eigenvalue weighted by Crippen LogP contribution is 2.26. The Balaban J connectivity index is 1.98. The molecule has 2 rings (SSSR count). The number of amides is 1. The molecule has 19 heavy (non-hydrogen) atoms. The van der Waals surface area contributed by atoms with Crippen LogP contribution >= 0.6 is 11.6 Å². The number of aliphatic carboxylic acids is 1. The molecule has 5 nitrogen and oxygen atoms in total. The monoisotopic (exact) mass is 282 g/mol. The van der Waals surface area contributed by atoms with Gasteiger partial charge in [0.2, 0.25) is 0 Å². The quantitative estimate of drug-likeness (QED) is 0.738. The third-order valence-corrected chi connectivity index (χ3v) is 3.71. The molecule has 2 atom stereocenters. The third kappa shape index (κ3) is 3.17. The van der Waals surface area contributed by atoms with E-state index in [4.69, 9.17) is 22.4 Å². The number of carboxylic acids is 1. The average Bonchev–Trinajstić information content (AvgIpc) is 2.81. The van der Waals surface area contributed by atoms with E-state index in [2.05, 4.69) is 5.32 Å². The van der Waals surface area contributed by atoms with E-state index in [0.29, 0.717) is 35.5 Å². The summed E-state index contributed by atoms with van der Waals surface area (Å²) in [5, 5.41) is 12.1. The minimum atomic E-state index is -0.799. The van der Waals surface area contributed by atoms with Crippen molar-refractivity contribution in [3.05, 3.63) is 28.8 Å². The molecule has 2 unspecified atom stereocenters. The molecule has 0 spiro atoms. The predicted molar refractivity (Wildman–Crippen MR) is 72.1 cm³/mol. The first kappa shape index (κ1) is 13.7. The molecular formula is C13H15ClN2O3. The lowest BCUT2D eigenvalue weighted by molar-refractivity contribution is -0.141. The number of carboxylic acid groups (broad SMARTS) is 1. The van der Waals surface area contributed by atoms with E-state index in [1.807, 2.05) is 0 Å². The molecule has 6 heteroatoms. The Hall–Kier alpha value is -1.75. The summed E-state index contributed by atoms with van der Waals surface area (Å²) in [4.78, 5) is 22.8.